The number of non-ortho nitro benzene ring substituents is 1. The topological polar surface area (TPSA) is 119 Å². The number of carbonyl (C=O) groups excluding carboxylic acids is 3. The number of carbonyl (C=O) groups is 3. The lowest BCUT2D eigenvalue weighted by Crippen LogP contribution is -2.40. The predicted molar refractivity (Wildman–Crippen MR) is 86.8 cm³/mol. The molecule has 25 heavy (non-hydrogen) atoms. The van der Waals surface area contributed by atoms with Crippen molar-refractivity contribution in [3.05, 3.63) is 39.9 Å². The minimum absolute atomic E-state index is 0.0585. The van der Waals surface area contributed by atoms with Crippen molar-refractivity contribution >= 4 is 23.5 Å². The third-order valence-electron chi connectivity index (χ3n) is 3.79. The van der Waals surface area contributed by atoms with Crippen LogP contribution in [0.1, 0.15) is 30.1 Å². The number of likely N-dealkylation sites (tertiary alicyclic amines) is 1. The molecule has 1 aliphatic heterocycles. The van der Waals surface area contributed by atoms with Crippen LogP contribution in [0.4, 0.5) is 5.69 Å². The molecule has 1 fully saturated rings. The van der Waals surface area contributed by atoms with Crippen molar-refractivity contribution in [1.82, 2.24) is 10.2 Å². The Bertz CT molecular complexity index is 684. The Morgan fingerprint density at radius 2 is 2.00 bits per heavy atom. The highest BCUT2D eigenvalue weighted by atomic mass is 16.6. The molecule has 1 saturated heterocycles. The quantitative estimate of drug-likeness (QED) is 0.462. The summed E-state index contributed by atoms with van der Waals surface area (Å²) in [5, 5.41) is 13.0. The van der Waals surface area contributed by atoms with Crippen molar-refractivity contribution in [1.29, 1.82) is 0 Å². The fourth-order valence-electron chi connectivity index (χ4n) is 2.50. The van der Waals surface area contributed by atoms with Crippen LogP contribution in [0.3, 0.4) is 0 Å². The Labute approximate surface area is 144 Å². The fourth-order valence-corrected chi connectivity index (χ4v) is 2.50. The van der Waals surface area contributed by atoms with Crippen molar-refractivity contribution in [3.63, 3.8) is 0 Å². The van der Waals surface area contributed by atoms with Crippen LogP contribution in [0.15, 0.2) is 24.3 Å². The van der Waals surface area contributed by atoms with Crippen molar-refractivity contribution in [2.75, 3.05) is 19.6 Å². The third-order valence-corrected chi connectivity index (χ3v) is 3.79. The Morgan fingerprint density at radius 3 is 2.64 bits per heavy atom. The van der Waals surface area contributed by atoms with E-state index in [0.29, 0.717) is 13.1 Å². The molecule has 0 unspecified atom stereocenters. The summed E-state index contributed by atoms with van der Waals surface area (Å²) in [5.74, 6) is -1.64. The number of nitro groups is 1. The number of hydrogen-bond acceptors (Lipinski definition) is 6. The zero-order valence-electron chi connectivity index (χ0n) is 13.8. The monoisotopic (exact) mass is 349 g/mol. The van der Waals surface area contributed by atoms with E-state index >= 15 is 0 Å². The number of amides is 2. The maximum Gasteiger partial charge on any atom is 0.326 e. The summed E-state index contributed by atoms with van der Waals surface area (Å²) in [6.07, 6.45) is 0.956. The van der Waals surface area contributed by atoms with E-state index < -0.39 is 29.4 Å². The van der Waals surface area contributed by atoms with Crippen LogP contribution in [0, 0.1) is 10.1 Å². The summed E-state index contributed by atoms with van der Waals surface area (Å²) in [6.45, 7) is 2.37. The summed E-state index contributed by atoms with van der Waals surface area (Å²) in [5.41, 5.74) is -0.164. The van der Waals surface area contributed by atoms with Gasteiger partial charge in [-0.1, -0.05) is 6.07 Å². The molecule has 1 aromatic rings. The minimum atomic E-state index is -0.916. The van der Waals surface area contributed by atoms with Gasteiger partial charge in [-0.15, -0.1) is 0 Å². The van der Waals surface area contributed by atoms with Gasteiger partial charge in [-0.05, 0) is 25.8 Å². The SMILES string of the molecule is C[C@@H](OC(=O)CNC(=O)c1cccc([N+](=O)[O-])c1)C(=O)N1CCCC1. The molecule has 9 heteroatoms. The van der Waals surface area contributed by atoms with Gasteiger partial charge < -0.3 is 15.0 Å². The molecule has 1 N–H and O–H groups in total. The number of nitrogens with one attached hydrogen (secondary N) is 1. The molecule has 1 atom stereocenters. The predicted octanol–water partition coefficient (Wildman–Crippen LogP) is 0.879. The van der Waals surface area contributed by atoms with Gasteiger partial charge in [0.25, 0.3) is 17.5 Å². The smallest absolute Gasteiger partial charge is 0.326 e. The number of rotatable bonds is 6. The summed E-state index contributed by atoms with van der Waals surface area (Å²) in [7, 11) is 0. The second-order valence-corrected chi connectivity index (χ2v) is 5.65. The van der Waals surface area contributed by atoms with Crippen LogP contribution in [0.5, 0.6) is 0 Å². The molecule has 0 radical (unpaired) electrons. The van der Waals surface area contributed by atoms with Gasteiger partial charge >= 0.3 is 5.97 Å². The van der Waals surface area contributed by atoms with Gasteiger partial charge in [-0.3, -0.25) is 24.5 Å². The Hall–Kier alpha value is -2.97. The zero-order valence-corrected chi connectivity index (χ0v) is 13.8. The van der Waals surface area contributed by atoms with E-state index in [4.69, 9.17) is 4.74 Å². The first-order chi connectivity index (χ1) is 11.9. The van der Waals surface area contributed by atoms with Gasteiger partial charge in [0, 0.05) is 30.8 Å². The Kier molecular flexibility index (Phi) is 6.04. The summed E-state index contributed by atoms with van der Waals surface area (Å²) < 4.78 is 5.02. The lowest BCUT2D eigenvalue weighted by Gasteiger charge is -2.20. The van der Waals surface area contributed by atoms with Crippen molar-refractivity contribution < 1.29 is 24.0 Å². The second kappa shape index (κ2) is 8.22. The van der Waals surface area contributed by atoms with E-state index in [0.717, 1.165) is 18.9 Å². The zero-order chi connectivity index (χ0) is 18.4. The van der Waals surface area contributed by atoms with Crippen LogP contribution in [0.25, 0.3) is 0 Å². The first-order valence-electron chi connectivity index (χ1n) is 7.89. The number of benzene rings is 1. The largest absolute Gasteiger partial charge is 0.451 e. The molecule has 0 spiro atoms. The van der Waals surface area contributed by atoms with Gasteiger partial charge in [0.05, 0.1) is 4.92 Å². The summed E-state index contributed by atoms with van der Waals surface area (Å²) in [6, 6.07) is 5.15. The molecule has 0 aliphatic carbocycles. The van der Waals surface area contributed by atoms with Crippen LogP contribution < -0.4 is 5.32 Å². The Balaban J connectivity index is 1.82. The average Bonchev–Trinajstić information content (AvgIpc) is 3.13. The first kappa shape index (κ1) is 18.4. The van der Waals surface area contributed by atoms with Gasteiger partial charge in [-0.25, -0.2) is 0 Å². The van der Waals surface area contributed by atoms with Gasteiger partial charge in [0.1, 0.15) is 6.54 Å². The highest BCUT2D eigenvalue weighted by Gasteiger charge is 2.26. The molecule has 9 nitrogen and oxygen atoms in total. The maximum atomic E-state index is 12.0. The molecule has 2 rings (SSSR count). The highest BCUT2D eigenvalue weighted by molar-refractivity contribution is 5.96. The number of ether oxygens (including phenoxy) is 1. The van der Waals surface area contributed by atoms with Crippen LogP contribution >= 0.6 is 0 Å². The van der Waals surface area contributed by atoms with E-state index in [2.05, 4.69) is 5.32 Å². The molecular weight excluding hydrogens is 330 g/mol. The second-order valence-electron chi connectivity index (χ2n) is 5.65. The Morgan fingerprint density at radius 1 is 1.32 bits per heavy atom. The van der Waals surface area contributed by atoms with Crippen LogP contribution in [-0.4, -0.2) is 53.3 Å². The average molecular weight is 349 g/mol. The summed E-state index contributed by atoms with van der Waals surface area (Å²) in [4.78, 5) is 47.5. The van der Waals surface area contributed by atoms with E-state index in [1.54, 1.807) is 4.90 Å². The fraction of sp³-hybridized carbons (Fsp3) is 0.438. The lowest BCUT2D eigenvalue weighted by molar-refractivity contribution is -0.384. The minimum Gasteiger partial charge on any atom is -0.451 e. The highest BCUT2D eigenvalue weighted by Crippen LogP contribution is 2.13. The lowest BCUT2D eigenvalue weighted by atomic mass is 10.2. The summed E-state index contributed by atoms with van der Waals surface area (Å²) >= 11 is 0. The van der Waals surface area contributed by atoms with Gasteiger partial charge in [-0.2, -0.15) is 0 Å². The first-order valence-corrected chi connectivity index (χ1v) is 7.89. The number of esters is 1. The standard InChI is InChI=1S/C16H19N3O6/c1-11(16(22)18-7-2-3-8-18)25-14(20)10-17-15(21)12-5-4-6-13(9-12)19(23)24/h4-6,9,11H,2-3,7-8,10H2,1H3,(H,17,21)/t11-/m1/s1. The maximum absolute atomic E-state index is 12.0. The third kappa shape index (κ3) is 5.00. The molecule has 1 aromatic carbocycles. The van der Waals surface area contributed by atoms with E-state index in [1.165, 1.54) is 25.1 Å². The van der Waals surface area contributed by atoms with E-state index in [9.17, 15) is 24.5 Å². The number of hydrogen-bond donors (Lipinski definition) is 1. The molecule has 0 aromatic heterocycles. The van der Waals surface area contributed by atoms with Gasteiger partial charge in [0.15, 0.2) is 6.10 Å². The van der Waals surface area contributed by atoms with Crippen LogP contribution in [-0.2, 0) is 14.3 Å². The molecule has 0 saturated carbocycles. The van der Waals surface area contributed by atoms with E-state index in [1.807, 2.05) is 0 Å². The number of nitro benzene ring substituents is 1. The molecule has 2 amide bonds. The van der Waals surface area contributed by atoms with E-state index in [-0.39, 0.29) is 17.2 Å². The molecule has 1 heterocycles. The molecular formula is C16H19N3O6. The van der Waals surface area contributed by atoms with Crippen molar-refractivity contribution in [3.8, 4) is 0 Å². The van der Waals surface area contributed by atoms with Crippen molar-refractivity contribution in [2.45, 2.75) is 25.9 Å². The number of nitrogens with zero attached hydrogens (tertiary/aromatic N) is 2. The van der Waals surface area contributed by atoms with Crippen molar-refractivity contribution in [2.24, 2.45) is 0 Å². The van der Waals surface area contributed by atoms with Gasteiger partial charge in [0.2, 0.25) is 0 Å². The molecule has 0 bridgehead atoms. The molecule has 134 valence electrons. The molecule has 1 aliphatic rings. The normalized spacial score (nSPS) is 14.7. The van der Waals surface area contributed by atoms with Crippen LogP contribution in [0.2, 0.25) is 0 Å².